The van der Waals surface area contributed by atoms with Crippen LogP contribution in [0.3, 0.4) is 0 Å². The molecule has 0 bridgehead atoms. The van der Waals surface area contributed by atoms with Gasteiger partial charge in [0.05, 0.1) is 10.7 Å². The molecule has 13 heavy (non-hydrogen) atoms. The predicted octanol–water partition coefficient (Wildman–Crippen LogP) is 0.903. The largest absolute Gasteiger partial charge is 0.315 e. The molecule has 1 aliphatic rings. The molecule has 0 aliphatic carbocycles. The van der Waals surface area contributed by atoms with E-state index in [4.69, 9.17) is 0 Å². The molecule has 0 aromatic carbocycles. The molecule has 0 radical (unpaired) electrons. The molecule has 2 heterocycles. The van der Waals surface area contributed by atoms with Crippen LogP contribution in [0.1, 0.15) is 17.1 Å². The summed E-state index contributed by atoms with van der Waals surface area (Å²) in [5.74, 6) is 0. The van der Waals surface area contributed by atoms with Crippen molar-refractivity contribution in [2.45, 2.75) is 25.9 Å². The lowest BCUT2D eigenvalue weighted by atomic mass is 10.2. The molecule has 1 saturated heterocycles. The van der Waals surface area contributed by atoms with E-state index in [-0.39, 0.29) is 0 Å². The van der Waals surface area contributed by atoms with Crippen LogP contribution in [0.15, 0.2) is 5.38 Å². The molecule has 0 amide bonds. The molecule has 2 rings (SSSR count). The molecule has 1 atom stereocenters. The van der Waals surface area contributed by atoms with Crippen molar-refractivity contribution in [3.63, 3.8) is 0 Å². The summed E-state index contributed by atoms with van der Waals surface area (Å²) in [4.78, 5) is 4.41. The maximum absolute atomic E-state index is 4.41. The molecule has 1 aromatic rings. The van der Waals surface area contributed by atoms with Gasteiger partial charge in [0.1, 0.15) is 0 Å². The first-order chi connectivity index (χ1) is 6.34. The first-order valence-corrected chi connectivity index (χ1v) is 5.57. The molecular formula is C9H15N3S. The van der Waals surface area contributed by atoms with Crippen molar-refractivity contribution in [2.24, 2.45) is 0 Å². The minimum Gasteiger partial charge on any atom is -0.315 e. The van der Waals surface area contributed by atoms with Crippen molar-refractivity contribution < 1.29 is 0 Å². The summed E-state index contributed by atoms with van der Waals surface area (Å²) in [6.07, 6.45) is 1.24. The van der Waals surface area contributed by atoms with Gasteiger partial charge in [-0.05, 0) is 19.9 Å². The molecule has 2 N–H and O–H groups in total. The highest BCUT2D eigenvalue weighted by molar-refractivity contribution is 7.09. The molecule has 1 unspecified atom stereocenters. The van der Waals surface area contributed by atoms with Gasteiger partial charge in [0.25, 0.3) is 0 Å². The lowest BCUT2D eigenvalue weighted by molar-refractivity contribution is 0.542. The highest BCUT2D eigenvalue weighted by atomic mass is 32.1. The van der Waals surface area contributed by atoms with E-state index in [9.17, 15) is 0 Å². The molecular weight excluding hydrogens is 182 g/mol. The van der Waals surface area contributed by atoms with Gasteiger partial charge in [-0.25, -0.2) is 4.98 Å². The first kappa shape index (κ1) is 9.12. The van der Waals surface area contributed by atoms with E-state index in [1.807, 2.05) is 6.92 Å². The highest BCUT2D eigenvalue weighted by Crippen LogP contribution is 2.08. The topological polar surface area (TPSA) is 37.0 Å². The van der Waals surface area contributed by atoms with Gasteiger partial charge in [-0.3, -0.25) is 0 Å². The number of hydrogen-bond donors (Lipinski definition) is 2. The third kappa shape index (κ3) is 2.49. The summed E-state index contributed by atoms with van der Waals surface area (Å²) in [7, 11) is 0. The number of nitrogens with one attached hydrogen (secondary N) is 2. The second-order valence-electron chi connectivity index (χ2n) is 3.43. The van der Waals surface area contributed by atoms with Crippen LogP contribution in [0.25, 0.3) is 0 Å². The zero-order valence-electron chi connectivity index (χ0n) is 7.84. The van der Waals surface area contributed by atoms with Crippen LogP contribution < -0.4 is 10.6 Å². The van der Waals surface area contributed by atoms with Crippen molar-refractivity contribution in [3.8, 4) is 0 Å². The molecule has 72 valence electrons. The number of nitrogens with zero attached hydrogens (tertiary/aromatic N) is 1. The highest BCUT2D eigenvalue weighted by Gasteiger charge is 2.13. The number of thiazole rings is 1. The van der Waals surface area contributed by atoms with E-state index < -0.39 is 0 Å². The van der Waals surface area contributed by atoms with E-state index in [1.54, 1.807) is 11.3 Å². The number of aromatic nitrogens is 1. The fourth-order valence-corrected chi connectivity index (χ4v) is 2.18. The molecule has 4 heteroatoms. The second kappa shape index (κ2) is 4.17. The Labute approximate surface area is 82.6 Å². The van der Waals surface area contributed by atoms with Crippen LogP contribution in [-0.4, -0.2) is 24.1 Å². The predicted molar refractivity (Wildman–Crippen MR) is 55.0 cm³/mol. The van der Waals surface area contributed by atoms with Gasteiger partial charge in [-0.1, -0.05) is 0 Å². The van der Waals surface area contributed by atoms with Crippen LogP contribution >= 0.6 is 11.3 Å². The van der Waals surface area contributed by atoms with Crippen molar-refractivity contribution in [1.82, 2.24) is 15.6 Å². The van der Waals surface area contributed by atoms with Crippen LogP contribution in [0, 0.1) is 6.92 Å². The summed E-state index contributed by atoms with van der Waals surface area (Å²) >= 11 is 1.72. The average molecular weight is 197 g/mol. The van der Waals surface area contributed by atoms with E-state index in [1.165, 1.54) is 12.1 Å². The summed E-state index contributed by atoms with van der Waals surface area (Å²) in [6, 6.07) is 0.641. The van der Waals surface area contributed by atoms with Gasteiger partial charge in [0.2, 0.25) is 0 Å². The molecule has 0 spiro atoms. The Balaban J connectivity index is 1.78. The monoisotopic (exact) mass is 197 g/mol. The van der Waals surface area contributed by atoms with Gasteiger partial charge < -0.3 is 10.6 Å². The Morgan fingerprint density at radius 3 is 3.31 bits per heavy atom. The summed E-state index contributed by atoms with van der Waals surface area (Å²) in [6.45, 7) is 5.21. The van der Waals surface area contributed by atoms with Crippen LogP contribution in [0.4, 0.5) is 0 Å². The maximum Gasteiger partial charge on any atom is 0.0897 e. The van der Waals surface area contributed by atoms with Crippen LogP contribution in [-0.2, 0) is 6.54 Å². The Kier molecular flexibility index (Phi) is 2.93. The Morgan fingerprint density at radius 1 is 1.77 bits per heavy atom. The Hall–Kier alpha value is -0.450. The van der Waals surface area contributed by atoms with E-state index in [2.05, 4.69) is 21.0 Å². The first-order valence-electron chi connectivity index (χ1n) is 4.70. The van der Waals surface area contributed by atoms with E-state index >= 15 is 0 Å². The quantitative estimate of drug-likeness (QED) is 0.756. The van der Waals surface area contributed by atoms with Gasteiger partial charge in [0.15, 0.2) is 0 Å². The van der Waals surface area contributed by atoms with Gasteiger partial charge in [-0.15, -0.1) is 11.3 Å². The van der Waals surface area contributed by atoms with Crippen LogP contribution in [0.5, 0.6) is 0 Å². The normalized spacial score (nSPS) is 22.4. The van der Waals surface area contributed by atoms with Gasteiger partial charge in [0, 0.05) is 24.5 Å². The van der Waals surface area contributed by atoms with Crippen molar-refractivity contribution >= 4 is 11.3 Å². The fourth-order valence-electron chi connectivity index (χ4n) is 1.57. The maximum atomic E-state index is 4.41. The molecule has 1 fully saturated rings. The van der Waals surface area contributed by atoms with Crippen molar-refractivity contribution in [2.75, 3.05) is 13.1 Å². The molecule has 1 aliphatic heterocycles. The molecule has 1 aromatic heterocycles. The van der Waals surface area contributed by atoms with E-state index in [0.717, 1.165) is 24.6 Å². The standard InChI is InChI=1S/C9H15N3S/c1-7-12-9(6-13-7)5-11-8-2-3-10-4-8/h6,8,10-11H,2-5H2,1H3. The Morgan fingerprint density at radius 2 is 2.69 bits per heavy atom. The molecule has 0 saturated carbocycles. The third-order valence-electron chi connectivity index (χ3n) is 2.30. The molecule has 3 nitrogen and oxygen atoms in total. The van der Waals surface area contributed by atoms with Crippen LogP contribution in [0.2, 0.25) is 0 Å². The number of aryl methyl sites for hydroxylation is 1. The fraction of sp³-hybridized carbons (Fsp3) is 0.667. The lowest BCUT2D eigenvalue weighted by Gasteiger charge is -2.08. The zero-order chi connectivity index (χ0) is 9.10. The smallest absolute Gasteiger partial charge is 0.0897 e. The SMILES string of the molecule is Cc1nc(CNC2CCNC2)cs1. The number of hydrogen-bond acceptors (Lipinski definition) is 4. The van der Waals surface area contributed by atoms with Gasteiger partial charge >= 0.3 is 0 Å². The zero-order valence-corrected chi connectivity index (χ0v) is 8.66. The van der Waals surface area contributed by atoms with Crippen molar-refractivity contribution in [1.29, 1.82) is 0 Å². The third-order valence-corrected chi connectivity index (χ3v) is 3.12. The average Bonchev–Trinajstić information content (AvgIpc) is 2.71. The number of rotatable bonds is 3. The summed E-state index contributed by atoms with van der Waals surface area (Å²) < 4.78 is 0. The lowest BCUT2D eigenvalue weighted by Crippen LogP contribution is -2.30. The minimum absolute atomic E-state index is 0.641. The van der Waals surface area contributed by atoms with E-state index in [0.29, 0.717) is 6.04 Å². The second-order valence-corrected chi connectivity index (χ2v) is 4.49. The summed E-state index contributed by atoms with van der Waals surface area (Å²) in [5, 5.41) is 10.1. The minimum atomic E-state index is 0.641. The van der Waals surface area contributed by atoms with Crippen molar-refractivity contribution in [3.05, 3.63) is 16.1 Å². The van der Waals surface area contributed by atoms with Gasteiger partial charge in [-0.2, -0.15) is 0 Å². The Bertz CT molecular complexity index is 266. The summed E-state index contributed by atoms with van der Waals surface area (Å²) in [5.41, 5.74) is 1.18.